The van der Waals surface area contributed by atoms with Crippen LogP contribution in [0.5, 0.6) is 0 Å². The van der Waals surface area contributed by atoms with E-state index in [0.29, 0.717) is 19.4 Å². The maximum Gasteiger partial charge on any atom is 0.305 e. The van der Waals surface area contributed by atoms with Gasteiger partial charge in [-0.15, -0.1) is 0 Å². The van der Waals surface area contributed by atoms with Crippen molar-refractivity contribution in [1.29, 1.82) is 0 Å². The molecule has 0 rings (SSSR count). The first-order valence-corrected chi connectivity index (χ1v) is 40.1. The Kier molecular flexibility index (Phi) is 75.3. The molecule has 0 saturated carbocycles. The van der Waals surface area contributed by atoms with Gasteiger partial charge >= 0.3 is 5.97 Å². The summed E-state index contributed by atoms with van der Waals surface area (Å²) >= 11 is 0. The molecule has 0 heterocycles. The molecule has 0 aromatic carbocycles. The van der Waals surface area contributed by atoms with Crippen LogP contribution >= 0.6 is 0 Å². The fourth-order valence-electron chi connectivity index (χ4n) is 12.9. The van der Waals surface area contributed by atoms with Crippen LogP contribution in [0.4, 0.5) is 0 Å². The number of ether oxygens (including phenoxy) is 1. The average Bonchev–Trinajstić information content (AvgIpc) is 3.58. The van der Waals surface area contributed by atoms with Crippen LogP contribution in [-0.2, 0) is 14.3 Å². The summed E-state index contributed by atoms with van der Waals surface area (Å²) in [4.78, 5) is 24.6. The molecule has 0 aliphatic rings. The molecule has 6 nitrogen and oxygen atoms in total. The molecule has 516 valence electrons. The standard InChI is InChI=1S/C81H157NO5/c1-3-5-7-9-11-13-15-17-19-20-21-22-23-33-36-39-42-46-49-53-57-61-65-69-73-79(84)78(77-83)82-80(85)74-70-66-62-58-54-50-47-43-40-37-34-31-29-27-25-24-26-28-30-32-35-38-41-44-48-52-56-60-64-68-72-76-87-81(86)75-71-67-63-59-55-51-45-18-16-14-12-10-8-6-4-2/h26,28,69,73,78-79,83-84H,3-25,27,29-68,70-72,74-77H2,1-2H3,(H,82,85)/b28-26-,73-69+. The van der Waals surface area contributed by atoms with Crippen molar-refractivity contribution in [2.24, 2.45) is 0 Å². The first-order chi connectivity index (χ1) is 43.0. The quantitative estimate of drug-likeness (QED) is 0.0320. The number of unbranched alkanes of at least 4 members (excludes halogenated alkanes) is 63. The molecule has 6 heteroatoms. The zero-order valence-electron chi connectivity index (χ0n) is 59.3. The number of carbonyl (C=O) groups is 2. The molecule has 0 fully saturated rings. The molecule has 0 aliphatic heterocycles. The van der Waals surface area contributed by atoms with Gasteiger partial charge in [0.15, 0.2) is 0 Å². The topological polar surface area (TPSA) is 95.9 Å². The largest absolute Gasteiger partial charge is 0.466 e. The van der Waals surface area contributed by atoms with Crippen molar-refractivity contribution in [3.8, 4) is 0 Å². The Labute approximate surface area is 545 Å². The van der Waals surface area contributed by atoms with E-state index in [2.05, 4.69) is 31.3 Å². The third-order valence-electron chi connectivity index (χ3n) is 19.0. The number of esters is 1. The Morgan fingerprint density at radius 2 is 0.540 bits per heavy atom. The zero-order valence-corrected chi connectivity index (χ0v) is 59.3. The van der Waals surface area contributed by atoms with Gasteiger partial charge in [0.2, 0.25) is 5.91 Å². The van der Waals surface area contributed by atoms with E-state index in [9.17, 15) is 19.8 Å². The molecule has 0 aromatic rings. The third-order valence-corrected chi connectivity index (χ3v) is 19.0. The maximum absolute atomic E-state index is 12.6. The molecule has 2 atom stereocenters. The molecule has 0 saturated heterocycles. The molecule has 2 unspecified atom stereocenters. The van der Waals surface area contributed by atoms with Gasteiger partial charge < -0.3 is 20.3 Å². The van der Waals surface area contributed by atoms with Crippen LogP contribution in [0.1, 0.15) is 457 Å². The Hall–Kier alpha value is -1.66. The summed E-state index contributed by atoms with van der Waals surface area (Å²) < 4.78 is 5.50. The normalized spacial score (nSPS) is 12.6. The lowest BCUT2D eigenvalue weighted by molar-refractivity contribution is -0.143. The van der Waals surface area contributed by atoms with Gasteiger partial charge in [-0.2, -0.15) is 0 Å². The van der Waals surface area contributed by atoms with Gasteiger partial charge in [0.1, 0.15) is 0 Å². The van der Waals surface area contributed by atoms with E-state index < -0.39 is 12.1 Å². The maximum atomic E-state index is 12.6. The SMILES string of the molecule is CCCCCCCCCCCCCCCCCCCCCCCC/C=C/C(O)C(CO)NC(=O)CCCCCCCCCCCCCCCCC/C=C\CCCCCCCCCCCCCCOC(=O)CCCCCCCCCCCCCCCCC. The minimum Gasteiger partial charge on any atom is -0.466 e. The molecule has 0 spiro atoms. The molecule has 3 N–H and O–H groups in total. The van der Waals surface area contributed by atoms with Crippen LogP contribution < -0.4 is 5.32 Å². The highest BCUT2D eigenvalue weighted by atomic mass is 16.5. The van der Waals surface area contributed by atoms with E-state index in [0.717, 1.165) is 38.5 Å². The van der Waals surface area contributed by atoms with Crippen LogP contribution in [0.15, 0.2) is 24.3 Å². The van der Waals surface area contributed by atoms with Gasteiger partial charge in [-0.05, 0) is 57.8 Å². The second-order valence-corrected chi connectivity index (χ2v) is 27.8. The number of rotatable bonds is 76. The fourth-order valence-corrected chi connectivity index (χ4v) is 12.9. The van der Waals surface area contributed by atoms with E-state index in [1.165, 1.54) is 392 Å². The van der Waals surface area contributed by atoms with E-state index >= 15 is 0 Å². The lowest BCUT2D eigenvalue weighted by Gasteiger charge is -2.20. The van der Waals surface area contributed by atoms with Crippen LogP contribution in [0.2, 0.25) is 0 Å². The molecule has 87 heavy (non-hydrogen) atoms. The van der Waals surface area contributed by atoms with Gasteiger partial charge in [-0.25, -0.2) is 0 Å². The number of hydrogen-bond donors (Lipinski definition) is 3. The van der Waals surface area contributed by atoms with Crippen molar-refractivity contribution in [2.45, 2.75) is 469 Å². The summed E-state index contributed by atoms with van der Waals surface area (Å²) in [5.41, 5.74) is 0. The Bertz CT molecular complexity index is 1360. The van der Waals surface area contributed by atoms with E-state index in [1.54, 1.807) is 6.08 Å². The van der Waals surface area contributed by atoms with E-state index in [1.807, 2.05) is 6.08 Å². The lowest BCUT2D eigenvalue weighted by Crippen LogP contribution is -2.45. The summed E-state index contributed by atoms with van der Waals surface area (Å²) in [6.45, 7) is 4.96. The number of nitrogens with one attached hydrogen (secondary N) is 1. The second-order valence-electron chi connectivity index (χ2n) is 27.8. The summed E-state index contributed by atoms with van der Waals surface area (Å²) in [5, 5.41) is 23.3. The van der Waals surface area contributed by atoms with Crippen molar-refractivity contribution < 1.29 is 24.5 Å². The first kappa shape index (κ1) is 85.3. The van der Waals surface area contributed by atoms with Gasteiger partial charge in [-0.1, -0.05) is 411 Å². The van der Waals surface area contributed by atoms with Crippen LogP contribution in [0, 0.1) is 0 Å². The van der Waals surface area contributed by atoms with Crippen molar-refractivity contribution in [1.82, 2.24) is 5.32 Å². The first-order valence-electron chi connectivity index (χ1n) is 40.1. The van der Waals surface area contributed by atoms with Gasteiger partial charge in [0.05, 0.1) is 25.4 Å². The van der Waals surface area contributed by atoms with E-state index in [4.69, 9.17) is 4.74 Å². The number of aliphatic hydroxyl groups excluding tert-OH is 2. The summed E-state index contributed by atoms with van der Waals surface area (Å²) in [6, 6.07) is -0.628. The smallest absolute Gasteiger partial charge is 0.305 e. The second kappa shape index (κ2) is 76.8. The fraction of sp³-hybridized carbons (Fsp3) is 0.926. The predicted octanol–water partition coefficient (Wildman–Crippen LogP) is 26.4. The molecular formula is C81H157NO5. The van der Waals surface area contributed by atoms with Gasteiger partial charge in [0.25, 0.3) is 0 Å². The minimum atomic E-state index is -0.844. The zero-order chi connectivity index (χ0) is 62.8. The molecule has 0 aliphatic carbocycles. The molecule has 0 radical (unpaired) electrons. The highest BCUT2D eigenvalue weighted by Gasteiger charge is 2.18. The highest BCUT2D eigenvalue weighted by Crippen LogP contribution is 2.20. The van der Waals surface area contributed by atoms with Crippen molar-refractivity contribution in [2.75, 3.05) is 13.2 Å². The summed E-state index contributed by atoms with van der Waals surface area (Å²) in [5.74, 6) is -0.0391. The third kappa shape index (κ3) is 73.3. The Balaban J connectivity index is 3.38. The van der Waals surface area contributed by atoms with Crippen molar-refractivity contribution >= 4 is 11.9 Å². The Morgan fingerprint density at radius 3 is 0.816 bits per heavy atom. The number of aliphatic hydroxyl groups is 2. The number of amides is 1. The highest BCUT2D eigenvalue weighted by molar-refractivity contribution is 5.76. The number of hydrogen-bond acceptors (Lipinski definition) is 5. The molecular weight excluding hydrogens is 1070 g/mol. The Morgan fingerprint density at radius 1 is 0.310 bits per heavy atom. The van der Waals surface area contributed by atoms with E-state index in [-0.39, 0.29) is 18.5 Å². The monoisotopic (exact) mass is 1220 g/mol. The lowest BCUT2D eigenvalue weighted by atomic mass is 10.0. The molecule has 0 aromatic heterocycles. The minimum absolute atomic E-state index is 0.0214. The van der Waals surface area contributed by atoms with Crippen LogP contribution in [0.3, 0.4) is 0 Å². The van der Waals surface area contributed by atoms with Gasteiger partial charge in [0, 0.05) is 12.8 Å². The number of carbonyl (C=O) groups excluding carboxylic acids is 2. The van der Waals surface area contributed by atoms with Crippen molar-refractivity contribution in [3.63, 3.8) is 0 Å². The summed E-state index contributed by atoms with van der Waals surface area (Å²) in [7, 11) is 0. The van der Waals surface area contributed by atoms with Crippen molar-refractivity contribution in [3.05, 3.63) is 24.3 Å². The molecule has 1 amide bonds. The van der Waals surface area contributed by atoms with Crippen LogP contribution in [-0.4, -0.2) is 47.4 Å². The predicted molar refractivity (Wildman–Crippen MR) is 384 cm³/mol. The summed E-state index contributed by atoms with van der Waals surface area (Å²) in [6.07, 6.45) is 98.7. The molecule has 0 bridgehead atoms. The van der Waals surface area contributed by atoms with Gasteiger partial charge in [-0.3, -0.25) is 9.59 Å². The van der Waals surface area contributed by atoms with Crippen LogP contribution in [0.25, 0.3) is 0 Å². The number of allylic oxidation sites excluding steroid dienone is 3. The average molecular weight is 1230 g/mol.